The van der Waals surface area contributed by atoms with Crippen LogP contribution in [-0.2, 0) is 0 Å². The van der Waals surface area contributed by atoms with Gasteiger partial charge in [-0.2, -0.15) is 0 Å². The number of hydrogen-bond donors (Lipinski definition) is 2. The van der Waals surface area contributed by atoms with Gasteiger partial charge in [-0.25, -0.2) is 9.97 Å². The van der Waals surface area contributed by atoms with Gasteiger partial charge < -0.3 is 10.4 Å². The van der Waals surface area contributed by atoms with E-state index in [4.69, 9.17) is 11.6 Å². The van der Waals surface area contributed by atoms with Crippen LogP contribution >= 0.6 is 11.6 Å². The molecule has 1 aromatic heterocycles. The Labute approximate surface area is 114 Å². The van der Waals surface area contributed by atoms with Gasteiger partial charge in [0.1, 0.15) is 17.3 Å². The van der Waals surface area contributed by atoms with Gasteiger partial charge in [-0.05, 0) is 33.6 Å². The van der Waals surface area contributed by atoms with Crippen LogP contribution in [0.4, 0.5) is 5.82 Å². The van der Waals surface area contributed by atoms with Gasteiger partial charge >= 0.3 is 0 Å². The molecule has 0 saturated carbocycles. The van der Waals surface area contributed by atoms with Crippen molar-refractivity contribution in [3.63, 3.8) is 0 Å². The molecule has 0 aromatic carbocycles. The highest BCUT2D eigenvalue weighted by Crippen LogP contribution is 2.32. The van der Waals surface area contributed by atoms with Crippen molar-refractivity contribution in [2.24, 2.45) is 0 Å². The predicted molar refractivity (Wildman–Crippen MR) is 75.1 cm³/mol. The summed E-state index contributed by atoms with van der Waals surface area (Å²) in [6.07, 6.45) is 1.43. The Morgan fingerprint density at radius 2 is 1.78 bits per heavy atom. The first-order valence-corrected chi connectivity index (χ1v) is 6.45. The fourth-order valence-corrected chi connectivity index (χ4v) is 1.79. The molecular formula is C13H22ClN3O. The molecule has 0 aliphatic carbocycles. The topological polar surface area (TPSA) is 58.0 Å². The molecule has 0 aliphatic rings. The zero-order valence-corrected chi connectivity index (χ0v) is 12.6. The molecule has 0 amide bonds. The van der Waals surface area contributed by atoms with Gasteiger partial charge in [0.05, 0.1) is 11.1 Å². The summed E-state index contributed by atoms with van der Waals surface area (Å²) >= 11 is 6.11. The molecule has 1 heterocycles. The lowest BCUT2D eigenvalue weighted by Gasteiger charge is -2.39. The highest BCUT2D eigenvalue weighted by atomic mass is 35.5. The minimum atomic E-state index is -0.890. The van der Waals surface area contributed by atoms with E-state index in [9.17, 15) is 5.11 Å². The van der Waals surface area contributed by atoms with Gasteiger partial charge in [-0.15, -0.1) is 0 Å². The van der Waals surface area contributed by atoms with Crippen LogP contribution in [0.2, 0.25) is 5.15 Å². The van der Waals surface area contributed by atoms with Crippen molar-refractivity contribution in [2.45, 2.75) is 58.6 Å². The molecular weight excluding hydrogens is 250 g/mol. The number of nitrogens with one attached hydrogen (secondary N) is 1. The molecule has 5 heteroatoms. The molecule has 0 bridgehead atoms. The van der Waals surface area contributed by atoms with E-state index in [0.29, 0.717) is 11.0 Å². The van der Waals surface area contributed by atoms with Crippen LogP contribution < -0.4 is 5.32 Å². The first-order valence-electron chi connectivity index (χ1n) is 6.07. The fourth-order valence-electron chi connectivity index (χ4n) is 1.43. The van der Waals surface area contributed by atoms with Crippen molar-refractivity contribution in [2.75, 3.05) is 5.32 Å². The molecule has 1 rings (SSSR count). The van der Waals surface area contributed by atoms with E-state index in [2.05, 4.69) is 15.3 Å². The van der Waals surface area contributed by atoms with Crippen LogP contribution in [0.25, 0.3) is 0 Å². The minimum absolute atomic E-state index is 0.207. The van der Waals surface area contributed by atoms with E-state index in [1.807, 2.05) is 27.7 Å². The molecule has 4 nitrogen and oxygen atoms in total. The number of hydrogen-bond acceptors (Lipinski definition) is 4. The largest absolute Gasteiger partial charge is 0.388 e. The van der Waals surface area contributed by atoms with Crippen molar-refractivity contribution in [3.05, 3.63) is 17.0 Å². The smallest absolute Gasteiger partial charge is 0.138 e. The summed E-state index contributed by atoms with van der Waals surface area (Å²) in [7, 11) is 0. The van der Waals surface area contributed by atoms with E-state index < -0.39 is 11.1 Å². The van der Waals surface area contributed by atoms with Gasteiger partial charge in [0, 0.05) is 5.56 Å². The second-order valence-electron chi connectivity index (χ2n) is 5.89. The molecule has 0 atom stereocenters. The van der Waals surface area contributed by atoms with Gasteiger partial charge in [0.2, 0.25) is 0 Å². The number of rotatable bonds is 4. The van der Waals surface area contributed by atoms with Crippen LogP contribution in [0, 0.1) is 0 Å². The first kappa shape index (κ1) is 15.2. The second kappa shape index (κ2) is 5.02. The Hall–Kier alpha value is -0.870. The summed E-state index contributed by atoms with van der Waals surface area (Å²) < 4.78 is 0. The van der Waals surface area contributed by atoms with Gasteiger partial charge in [-0.1, -0.05) is 25.4 Å². The number of nitrogens with zero attached hydrogens (tertiary/aromatic N) is 2. The van der Waals surface area contributed by atoms with E-state index in [0.717, 1.165) is 5.56 Å². The Balaban J connectivity index is 3.17. The number of aromatic nitrogens is 2. The Kier molecular flexibility index (Phi) is 4.23. The molecule has 1 aromatic rings. The highest BCUT2D eigenvalue weighted by Gasteiger charge is 2.36. The van der Waals surface area contributed by atoms with Crippen LogP contribution in [-0.4, -0.2) is 26.2 Å². The maximum atomic E-state index is 10.2. The van der Waals surface area contributed by atoms with Gasteiger partial charge in [0.15, 0.2) is 0 Å². The monoisotopic (exact) mass is 271 g/mol. The van der Waals surface area contributed by atoms with Gasteiger partial charge in [-0.3, -0.25) is 0 Å². The molecule has 0 fully saturated rings. The number of aliphatic hydroxyl groups is 1. The summed E-state index contributed by atoms with van der Waals surface area (Å²) in [5.74, 6) is 0.885. The average molecular weight is 272 g/mol. The third-order valence-electron chi connectivity index (χ3n) is 3.37. The Bertz CT molecular complexity index is 425. The van der Waals surface area contributed by atoms with E-state index in [1.165, 1.54) is 6.33 Å². The summed E-state index contributed by atoms with van der Waals surface area (Å²) in [5, 5.41) is 13.9. The van der Waals surface area contributed by atoms with E-state index in [1.54, 1.807) is 13.8 Å². The first-order chi connectivity index (χ1) is 8.06. The molecule has 0 radical (unpaired) electrons. The van der Waals surface area contributed by atoms with Crippen molar-refractivity contribution >= 4 is 17.4 Å². The standard InChI is InChI=1S/C13H22ClN3O/c1-8(2)9-10(14)15-7-16-11(9)17-12(3,4)13(5,6)18/h7-8,18H,1-6H3,(H,15,16,17). The average Bonchev–Trinajstić information content (AvgIpc) is 2.14. The summed E-state index contributed by atoms with van der Waals surface area (Å²) in [6.45, 7) is 11.4. The maximum absolute atomic E-state index is 10.2. The number of anilines is 1. The molecule has 2 N–H and O–H groups in total. The van der Waals surface area contributed by atoms with E-state index >= 15 is 0 Å². The highest BCUT2D eigenvalue weighted by molar-refractivity contribution is 6.30. The SMILES string of the molecule is CC(C)c1c(Cl)ncnc1NC(C)(C)C(C)(C)O. The van der Waals surface area contributed by atoms with Crippen LogP contribution in [0.1, 0.15) is 53.0 Å². The lowest BCUT2D eigenvalue weighted by atomic mass is 9.85. The molecule has 0 spiro atoms. The maximum Gasteiger partial charge on any atom is 0.138 e. The fraction of sp³-hybridized carbons (Fsp3) is 0.692. The third-order valence-corrected chi connectivity index (χ3v) is 3.67. The second-order valence-corrected chi connectivity index (χ2v) is 6.25. The van der Waals surface area contributed by atoms with Crippen molar-refractivity contribution in [3.8, 4) is 0 Å². The molecule has 102 valence electrons. The van der Waals surface area contributed by atoms with Gasteiger partial charge in [0.25, 0.3) is 0 Å². The zero-order chi connectivity index (χ0) is 14.1. The molecule has 18 heavy (non-hydrogen) atoms. The Morgan fingerprint density at radius 1 is 1.22 bits per heavy atom. The third kappa shape index (κ3) is 3.12. The molecule has 0 unspecified atom stereocenters. The normalized spacial score (nSPS) is 12.9. The van der Waals surface area contributed by atoms with Crippen molar-refractivity contribution in [1.82, 2.24) is 9.97 Å². The summed E-state index contributed by atoms with van der Waals surface area (Å²) in [5.41, 5.74) is -0.552. The molecule has 0 saturated heterocycles. The quantitative estimate of drug-likeness (QED) is 0.826. The van der Waals surface area contributed by atoms with E-state index in [-0.39, 0.29) is 5.92 Å². The Morgan fingerprint density at radius 3 is 2.22 bits per heavy atom. The number of halogens is 1. The minimum Gasteiger partial charge on any atom is -0.388 e. The molecule has 0 aliphatic heterocycles. The van der Waals surface area contributed by atoms with Crippen molar-refractivity contribution in [1.29, 1.82) is 0 Å². The van der Waals surface area contributed by atoms with Crippen LogP contribution in [0.15, 0.2) is 6.33 Å². The summed E-state index contributed by atoms with van der Waals surface area (Å²) in [4.78, 5) is 8.25. The van der Waals surface area contributed by atoms with Crippen molar-refractivity contribution < 1.29 is 5.11 Å². The lowest BCUT2D eigenvalue weighted by molar-refractivity contribution is 0.0238. The lowest BCUT2D eigenvalue weighted by Crippen LogP contribution is -2.51. The predicted octanol–water partition coefficient (Wildman–Crippen LogP) is 3.21. The van der Waals surface area contributed by atoms with Crippen LogP contribution in [0.3, 0.4) is 0 Å². The van der Waals surface area contributed by atoms with Crippen LogP contribution in [0.5, 0.6) is 0 Å². The zero-order valence-electron chi connectivity index (χ0n) is 11.9. The summed E-state index contributed by atoms with van der Waals surface area (Å²) in [6, 6.07) is 0.